The lowest BCUT2D eigenvalue weighted by molar-refractivity contribution is 0.00456. The maximum absolute atomic E-state index is 6.25. The molecule has 20 heavy (non-hydrogen) atoms. The Morgan fingerprint density at radius 2 is 1.65 bits per heavy atom. The Morgan fingerprint density at radius 3 is 2.10 bits per heavy atom. The second kappa shape index (κ2) is 7.24. The highest BCUT2D eigenvalue weighted by Crippen LogP contribution is 2.33. The molecule has 1 aliphatic carbocycles. The zero-order valence-corrected chi connectivity index (χ0v) is 13.9. The number of likely N-dealkylation sites (N-methyl/N-ethyl adjacent to an activating group) is 1. The molecule has 0 amide bonds. The molecule has 0 bridgehead atoms. The third-order valence-corrected chi connectivity index (χ3v) is 5.96. The van der Waals surface area contributed by atoms with Gasteiger partial charge in [0.05, 0.1) is 0 Å². The molecular weight excluding hydrogens is 246 g/mol. The van der Waals surface area contributed by atoms with Crippen LogP contribution in [0, 0.1) is 0 Å². The van der Waals surface area contributed by atoms with E-state index in [0.29, 0.717) is 6.04 Å². The Bertz CT molecular complexity index is 274. The van der Waals surface area contributed by atoms with Gasteiger partial charge in [-0.25, -0.2) is 0 Å². The number of nitrogens with zero attached hydrogens (tertiary/aromatic N) is 2. The van der Waals surface area contributed by atoms with E-state index < -0.39 is 0 Å². The molecule has 0 unspecified atom stereocenters. The molecule has 0 atom stereocenters. The van der Waals surface area contributed by atoms with Gasteiger partial charge in [0.15, 0.2) is 0 Å². The van der Waals surface area contributed by atoms with Crippen LogP contribution in [0.4, 0.5) is 0 Å². The lowest BCUT2D eigenvalue weighted by Crippen LogP contribution is -2.61. The van der Waals surface area contributed by atoms with E-state index in [1.54, 1.807) is 0 Å². The van der Waals surface area contributed by atoms with Crippen LogP contribution in [0.1, 0.15) is 65.2 Å². The smallest absolute Gasteiger partial charge is 0.0355 e. The summed E-state index contributed by atoms with van der Waals surface area (Å²) in [5.74, 6) is 0. The van der Waals surface area contributed by atoms with Crippen LogP contribution < -0.4 is 5.73 Å². The first-order valence-corrected chi connectivity index (χ1v) is 8.76. The lowest BCUT2D eigenvalue weighted by Gasteiger charge is -2.50. The summed E-state index contributed by atoms with van der Waals surface area (Å²) in [5, 5.41) is 0. The third-order valence-electron chi connectivity index (χ3n) is 5.96. The lowest BCUT2D eigenvalue weighted by atomic mass is 9.83. The van der Waals surface area contributed by atoms with Gasteiger partial charge in [0.2, 0.25) is 0 Å². The van der Waals surface area contributed by atoms with E-state index in [0.717, 1.165) is 12.6 Å². The average molecular weight is 281 g/mol. The van der Waals surface area contributed by atoms with Crippen molar-refractivity contribution in [3.8, 4) is 0 Å². The molecule has 1 heterocycles. The van der Waals surface area contributed by atoms with Gasteiger partial charge >= 0.3 is 0 Å². The predicted molar refractivity (Wildman–Crippen MR) is 87.0 cm³/mol. The molecule has 2 N–H and O–H groups in total. The van der Waals surface area contributed by atoms with Crippen molar-refractivity contribution >= 4 is 0 Å². The Kier molecular flexibility index (Phi) is 5.88. The molecule has 3 heteroatoms. The molecule has 1 saturated heterocycles. The Hall–Kier alpha value is -0.120. The van der Waals surface area contributed by atoms with E-state index in [-0.39, 0.29) is 5.54 Å². The molecule has 0 aromatic heterocycles. The predicted octanol–water partition coefficient (Wildman–Crippen LogP) is 2.84. The van der Waals surface area contributed by atoms with E-state index in [9.17, 15) is 0 Å². The largest absolute Gasteiger partial charge is 0.329 e. The number of rotatable bonds is 4. The van der Waals surface area contributed by atoms with Gasteiger partial charge in [0, 0.05) is 37.3 Å². The zero-order chi connectivity index (χ0) is 14.6. The fourth-order valence-electron chi connectivity index (χ4n) is 4.19. The first-order chi connectivity index (χ1) is 9.59. The minimum Gasteiger partial charge on any atom is -0.329 e. The summed E-state index contributed by atoms with van der Waals surface area (Å²) in [5.41, 5.74) is 6.51. The number of likely N-dealkylation sites (tertiary alicyclic amines) is 1. The van der Waals surface area contributed by atoms with E-state index in [1.807, 2.05) is 0 Å². The number of piperidine rings is 1. The summed E-state index contributed by atoms with van der Waals surface area (Å²) in [6, 6.07) is 1.45. The molecule has 0 radical (unpaired) electrons. The second-order valence-corrected chi connectivity index (χ2v) is 7.31. The van der Waals surface area contributed by atoms with Crippen LogP contribution >= 0.6 is 0 Å². The summed E-state index contributed by atoms with van der Waals surface area (Å²) < 4.78 is 0. The molecule has 2 rings (SSSR count). The fraction of sp³-hybridized carbons (Fsp3) is 1.00. The van der Waals surface area contributed by atoms with Crippen molar-refractivity contribution in [3.63, 3.8) is 0 Å². The van der Waals surface area contributed by atoms with Gasteiger partial charge in [0.25, 0.3) is 0 Å². The van der Waals surface area contributed by atoms with Crippen LogP contribution in [0.25, 0.3) is 0 Å². The number of hydrogen-bond acceptors (Lipinski definition) is 3. The molecule has 2 fully saturated rings. The Labute approximate surface area is 125 Å². The van der Waals surface area contributed by atoms with Gasteiger partial charge in [0.1, 0.15) is 0 Å². The Morgan fingerprint density at radius 1 is 1.10 bits per heavy atom. The molecule has 0 aromatic carbocycles. The quantitative estimate of drug-likeness (QED) is 0.804. The van der Waals surface area contributed by atoms with Crippen LogP contribution in [0.3, 0.4) is 0 Å². The normalized spacial score (nSPS) is 26.1. The van der Waals surface area contributed by atoms with Crippen molar-refractivity contribution in [1.82, 2.24) is 9.80 Å². The fourth-order valence-corrected chi connectivity index (χ4v) is 4.19. The molecule has 1 aliphatic heterocycles. The van der Waals surface area contributed by atoms with Crippen molar-refractivity contribution < 1.29 is 0 Å². The van der Waals surface area contributed by atoms with Gasteiger partial charge in [-0.1, -0.05) is 25.7 Å². The number of nitrogens with two attached hydrogens (primary N) is 1. The second-order valence-electron chi connectivity index (χ2n) is 7.31. The minimum absolute atomic E-state index is 0.264. The van der Waals surface area contributed by atoms with E-state index >= 15 is 0 Å². The Balaban J connectivity index is 1.99. The van der Waals surface area contributed by atoms with E-state index in [1.165, 1.54) is 64.5 Å². The van der Waals surface area contributed by atoms with E-state index in [2.05, 4.69) is 30.7 Å². The van der Waals surface area contributed by atoms with E-state index in [4.69, 9.17) is 5.73 Å². The molecular formula is C17H35N3. The van der Waals surface area contributed by atoms with Gasteiger partial charge in [-0.05, 0) is 46.6 Å². The molecule has 0 spiro atoms. The third kappa shape index (κ3) is 3.55. The topological polar surface area (TPSA) is 32.5 Å². The van der Waals surface area contributed by atoms with Crippen molar-refractivity contribution in [2.45, 2.75) is 82.8 Å². The summed E-state index contributed by atoms with van der Waals surface area (Å²) in [4.78, 5) is 5.30. The van der Waals surface area contributed by atoms with Crippen LogP contribution in [-0.4, -0.2) is 54.1 Å². The highest BCUT2D eigenvalue weighted by atomic mass is 15.3. The van der Waals surface area contributed by atoms with Gasteiger partial charge < -0.3 is 10.6 Å². The van der Waals surface area contributed by atoms with Crippen molar-refractivity contribution in [1.29, 1.82) is 0 Å². The van der Waals surface area contributed by atoms with Gasteiger partial charge in [-0.15, -0.1) is 0 Å². The van der Waals surface area contributed by atoms with Gasteiger partial charge in [-0.3, -0.25) is 4.90 Å². The maximum atomic E-state index is 6.25. The summed E-state index contributed by atoms with van der Waals surface area (Å²) in [6.45, 7) is 7.87. The summed E-state index contributed by atoms with van der Waals surface area (Å²) >= 11 is 0. The average Bonchev–Trinajstić information content (AvgIpc) is 2.75. The van der Waals surface area contributed by atoms with Crippen LogP contribution in [-0.2, 0) is 0 Å². The summed E-state index contributed by atoms with van der Waals surface area (Å²) in [7, 11) is 2.36. The monoisotopic (exact) mass is 281 g/mol. The highest BCUT2D eigenvalue weighted by molar-refractivity contribution is 4.98. The minimum atomic E-state index is 0.264. The van der Waals surface area contributed by atoms with Crippen LogP contribution in [0.15, 0.2) is 0 Å². The molecule has 3 nitrogen and oxygen atoms in total. The molecule has 1 saturated carbocycles. The van der Waals surface area contributed by atoms with Crippen molar-refractivity contribution in [2.75, 3.05) is 26.7 Å². The van der Waals surface area contributed by atoms with Crippen molar-refractivity contribution in [2.24, 2.45) is 5.73 Å². The first-order valence-electron chi connectivity index (χ1n) is 8.76. The molecule has 118 valence electrons. The van der Waals surface area contributed by atoms with Crippen LogP contribution in [0.2, 0.25) is 0 Å². The SMILES string of the molecule is CC(C)N1CCC(CN)(N(C)C2CCCCCC2)CC1. The summed E-state index contributed by atoms with van der Waals surface area (Å²) in [6.07, 6.45) is 10.9. The van der Waals surface area contributed by atoms with Crippen molar-refractivity contribution in [3.05, 3.63) is 0 Å². The zero-order valence-electron chi connectivity index (χ0n) is 13.9. The molecule has 0 aromatic rings. The highest BCUT2D eigenvalue weighted by Gasteiger charge is 2.40. The van der Waals surface area contributed by atoms with Crippen LogP contribution in [0.5, 0.6) is 0 Å². The standard InChI is InChI=1S/C17H35N3/c1-15(2)20-12-10-17(14-18,11-13-20)19(3)16-8-6-4-5-7-9-16/h15-16H,4-14,18H2,1-3H3. The maximum Gasteiger partial charge on any atom is 0.0355 e. The first kappa shape index (κ1) is 16.3. The number of hydrogen-bond donors (Lipinski definition) is 1. The molecule has 2 aliphatic rings. The van der Waals surface area contributed by atoms with Gasteiger partial charge in [-0.2, -0.15) is 0 Å².